The molecule has 0 aliphatic carbocycles. The topological polar surface area (TPSA) is 105 Å². The summed E-state index contributed by atoms with van der Waals surface area (Å²) >= 11 is 4.86. The summed E-state index contributed by atoms with van der Waals surface area (Å²) in [6.45, 7) is 6.81. The number of benzene rings is 1. The van der Waals surface area contributed by atoms with Crippen LogP contribution in [0.1, 0.15) is 44.1 Å². The van der Waals surface area contributed by atoms with Crippen LogP contribution in [0.2, 0.25) is 0 Å². The Morgan fingerprint density at radius 1 is 1.20 bits per heavy atom. The minimum absolute atomic E-state index is 0.119. The molecule has 1 saturated heterocycles. The molecule has 1 fully saturated rings. The number of hydrogen-bond donors (Lipinski definition) is 0. The van der Waals surface area contributed by atoms with Gasteiger partial charge in [-0.05, 0) is 47.0 Å². The lowest BCUT2D eigenvalue weighted by atomic mass is 9.94. The monoisotopic (exact) mass is 629 g/mol. The predicted molar refractivity (Wildman–Crippen MR) is 152 cm³/mol. The van der Waals surface area contributed by atoms with Gasteiger partial charge in [0.05, 0.1) is 46.1 Å². The van der Waals surface area contributed by atoms with Gasteiger partial charge in [0.2, 0.25) is 12.7 Å². The first-order valence-electron chi connectivity index (χ1n) is 13.2. The van der Waals surface area contributed by atoms with Crippen molar-refractivity contribution in [3.8, 4) is 11.5 Å². The van der Waals surface area contributed by atoms with Crippen molar-refractivity contribution in [2.75, 3.05) is 44.6 Å². The molecule has 0 bridgehead atoms. The van der Waals surface area contributed by atoms with Crippen LogP contribution >= 0.6 is 27.3 Å². The molecule has 1 atom stereocenters. The molecule has 0 amide bonds. The Labute approximate surface area is 242 Å². The number of anilines is 1. The molecule has 3 aliphatic heterocycles. The number of halogens is 1. The molecule has 0 spiro atoms. The largest absolute Gasteiger partial charge is 0.463 e. The van der Waals surface area contributed by atoms with E-state index in [1.165, 1.54) is 11.3 Å². The molecule has 0 unspecified atom stereocenters. The number of carbonyl (C=O) groups excluding carboxylic acids is 1. The van der Waals surface area contributed by atoms with Gasteiger partial charge in [-0.15, -0.1) is 0 Å². The number of nitrogens with zero attached hydrogens (tertiary/aromatic N) is 3. The van der Waals surface area contributed by atoms with Gasteiger partial charge in [-0.2, -0.15) is 0 Å². The molecule has 5 heterocycles. The van der Waals surface area contributed by atoms with Crippen molar-refractivity contribution in [3.05, 3.63) is 71.0 Å². The van der Waals surface area contributed by atoms with Gasteiger partial charge in [0, 0.05) is 25.2 Å². The van der Waals surface area contributed by atoms with E-state index in [4.69, 9.17) is 28.4 Å². The third-order valence-electron chi connectivity index (χ3n) is 6.86. The highest BCUT2D eigenvalue weighted by atomic mass is 79.9. The van der Waals surface area contributed by atoms with E-state index in [0.717, 1.165) is 24.0 Å². The standard InChI is InChI=1S/C28H28BrN3O7S/c1-3-5-19-23(27(34)36-4-2)24(16-6-7-20-21(12-16)38-15-37-20)32-25(33)22(40-28(32)30-19)14-17-13-18(29)26(39-17)31-8-10-35-11-9-31/h6-7,12-14,24H,3-5,8-11,15H2,1-2H3/b22-14+/t24-/m1/s1. The number of esters is 1. The fourth-order valence-electron chi connectivity index (χ4n) is 5.08. The number of fused-ring (bicyclic) bond motifs is 2. The van der Waals surface area contributed by atoms with Crippen LogP contribution in [-0.4, -0.2) is 50.2 Å². The number of hydrogen-bond acceptors (Lipinski definition) is 10. The lowest BCUT2D eigenvalue weighted by molar-refractivity contribution is -0.139. The highest BCUT2D eigenvalue weighted by Crippen LogP contribution is 2.39. The van der Waals surface area contributed by atoms with Crippen molar-refractivity contribution in [2.24, 2.45) is 4.99 Å². The van der Waals surface area contributed by atoms with Gasteiger partial charge in [-0.25, -0.2) is 9.79 Å². The minimum atomic E-state index is -0.735. The van der Waals surface area contributed by atoms with Crippen molar-refractivity contribution in [2.45, 2.75) is 32.7 Å². The highest BCUT2D eigenvalue weighted by Gasteiger charge is 2.35. The van der Waals surface area contributed by atoms with Crippen LogP contribution in [-0.2, 0) is 14.3 Å². The Hall–Kier alpha value is -3.35. The number of furan rings is 1. The van der Waals surface area contributed by atoms with E-state index in [-0.39, 0.29) is 19.0 Å². The van der Waals surface area contributed by atoms with E-state index < -0.39 is 12.0 Å². The molecule has 12 heteroatoms. The average Bonchev–Trinajstić information content (AvgIpc) is 3.65. The van der Waals surface area contributed by atoms with Crippen LogP contribution in [0, 0.1) is 0 Å². The maximum absolute atomic E-state index is 14.0. The van der Waals surface area contributed by atoms with Gasteiger partial charge in [0.1, 0.15) is 5.76 Å². The average molecular weight is 631 g/mol. The second kappa shape index (κ2) is 11.3. The van der Waals surface area contributed by atoms with Crippen molar-refractivity contribution in [1.82, 2.24) is 4.57 Å². The van der Waals surface area contributed by atoms with Gasteiger partial charge in [-0.3, -0.25) is 9.36 Å². The third kappa shape index (κ3) is 4.88. The zero-order valence-corrected chi connectivity index (χ0v) is 24.5. The number of morpholine rings is 1. The molecule has 0 N–H and O–H groups in total. The molecule has 0 radical (unpaired) electrons. The lowest BCUT2D eigenvalue weighted by Crippen LogP contribution is -2.40. The first kappa shape index (κ1) is 26.9. The normalized spacial score (nSPS) is 18.6. The van der Waals surface area contributed by atoms with Crippen LogP contribution in [0.25, 0.3) is 6.08 Å². The Balaban J connectivity index is 1.50. The van der Waals surface area contributed by atoms with Crippen LogP contribution in [0.3, 0.4) is 0 Å². The quantitative estimate of drug-likeness (QED) is 0.366. The number of allylic oxidation sites excluding steroid dienone is 1. The minimum Gasteiger partial charge on any atom is -0.463 e. The van der Waals surface area contributed by atoms with Gasteiger partial charge in [0.15, 0.2) is 16.3 Å². The molecule has 0 saturated carbocycles. The zero-order valence-electron chi connectivity index (χ0n) is 22.1. The first-order valence-corrected chi connectivity index (χ1v) is 14.8. The lowest BCUT2D eigenvalue weighted by Gasteiger charge is -2.26. The highest BCUT2D eigenvalue weighted by molar-refractivity contribution is 9.10. The van der Waals surface area contributed by atoms with E-state index >= 15 is 0 Å². The summed E-state index contributed by atoms with van der Waals surface area (Å²) in [7, 11) is 0. The molecule has 3 aromatic rings. The SMILES string of the molecule is CCCC1=C(C(=O)OCC)[C@@H](c2ccc3c(c2)OCO3)n2c(s/c(=C/c3cc(Br)c(N4CCOCC4)o3)c2=O)=N1. The van der Waals surface area contributed by atoms with Gasteiger partial charge >= 0.3 is 5.97 Å². The Morgan fingerprint density at radius 2 is 2.00 bits per heavy atom. The van der Waals surface area contributed by atoms with Crippen LogP contribution in [0.4, 0.5) is 5.88 Å². The van der Waals surface area contributed by atoms with E-state index in [1.54, 1.807) is 23.6 Å². The third-order valence-corrected chi connectivity index (χ3v) is 8.42. The van der Waals surface area contributed by atoms with Crippen LogP contribution in [0.5, 0.6) is 11.5 Å². The second-order valence-corrected chi connectivity index (χ2v) is 11.3. The first-order chi connectivity index (χ1) is 19.5. The second-order valence-electron chi connectivity index (χ2n) is 9.43. The number of rotatable bonds is 7. The molecular formula is C28H28BrN3O7S. The summed E-state index contributed by atoms with van der Waals surface area (Å²) < 4.78 is 31.0. The summed E-state index contributed by atoms with van der Waals surface area (Å²) in [5.41, 5.74) is 1.41. The summed E-state index contributed by atoms with van der Waals surface area (Å²) in [4.78, 5) is 34.8. The Bertz CT molecular complexity index is 1670. The van der Waals surface area contributed by atoms with Gasteiger partial charge in [0.25, 0.3) is 5.56 Å². The molecule has 210 valence electrons. The number of carbonyl (C=O) groups is 1. The summed E-state index contributed by atoms with van der Waals surface area (Å²) in [5.74, 6) is 1.93. The van der Waals surface area contributed by atoms with Crippen molar-refractivity contribution in [1.29, 1.82) is 0 Å². The van der Waals surface area contributed by atoms with Crippen molar-refractivity contribution >= 4 is 45.2 Å². The van der Waals surface area contributed by atoms with Crippen molar-refractivity contribution < 1.29 is 28.2 Å². The number of aromatic nitrogens is 1. The molecule has 1 aromatic carbocycles. The van der Waals surface area contributed by atoms with E-state index in [0.29, 0.717) is 68.9 Å². The molecule has 10 nitrogen and oxygen atoms in total. The predicted octanol–water partition coefficient (Wildman–Crippen LogP) is 3.50. The van der Waals surface area contributed by atoms with E-state index in [1.807, 2.05) is 25.1 Å². The van der Waals surface area contributed by atoms with Crippen LogP contribution < -0.4 is 29.3 Å². The molecule has 6 rings (SSSR count). The fourth-order valence-corrected chi connectivity index (χ4v) is 6.64. The maximum atomic E-state index is 14.0. The Kier molecular flexibility index (Phi) is 7.56. The van der Waals surface area contributed by atoms with Gasteiger partial charge < -0.3 is 28.3 Å². The zero-order chi connectivity index (χ0) is 27.8. The smallest absolute Gasteiger partial charge is 0.338 e. The summed E-state index contributed by atoms with van der Waals surface area (Å²) in [6, 6.07) is 6.58. The van der Waals surface area contributed by atoms with Crippen molar-refractivity contribution in [3.63, 3.8) is 0 Å². The van der Waals surface area contributed by atoms with Crippen LogP contribution in [0.15, 0.2) is 54.2 Å². The fraction of sp³-hybridized carbons (Fsp3) is 0.393. The number of ether oxygens (including phenoxy) is 4. The van der Waals surface area contributed by atoms with E-state index in [2.05, 4.69) is 20.8 Å². The Morgan fingerprint density at radius 3 is 2.77 bits per heavy atom. The summed E-state index contributed by atoms with van der Waals surface area (Å²) in [6.07, 6.45) is 3.06. The number of thiazole rings is 1. The molecular weight excluding hydrogens is 602 g/mol. The molecule has 40 heavy (non-hydrogen) atoms. The van der Waals surface area contributed by atoms with Gasteiger partial charge in [-0.1, -0.05) is 30.7 Å². The molecule has 2 aromatic heterocycles. The summed E-state index contributed by atoms with van der Waals surface area (Å²) in [5, 5.41) is 0. The maximum Gasteiger partial charge on any atom is 0.338 e. The molecule has 3 aliphatic rings. The van der Waals surface area contributed by atoms with E-state index in [9.17, 15) is 9.59 Å².